The average molecular weight is 312 g/mol. The number of nitrogens with zero attached hydrogens (tertiary/aromatic N) is 1. The third-order valence-electron chi connectivity index (χ3n) is 3.06. The Labute approximate surface area is 133 Å². The Kier molecular flexibility index (Phi) is 5.46. The summed E-state index contributed by atoms with van der Waals surface area (Å²) in [5.74, 6) is 0.264. The number of nitrogens with one attached hydrogen (secondary N) is 1. The Balaban J connectivity index is 1.87. The van der Waals surface area contributed by atoms with E-state index in [9.17, 15) is 14.9 Å². The van der Waals surface area contributed by atoms with Crippen molar-refractivity contribution in [2.45, 2.75) is 6.92 Å². The van der Waals surface area contributed by atoms with E-state index in [2.05, 4.69) is 5.32 Å². The van der Waals surface area contributed by atoms with Crippen LogP contribution in [0.2, 0.25) is 0 Å². The standard InChI is InChI=1S/C17H16N2O4/c1-13-4-2-3-5-16(13)18-17(20)12-23-15-8-6-14(7-9-15)10-11-19(21)22/h2-11H,12H2,1H3,(H,18,20)/b11-10-. The zero-order valence-corrected chi connectivity index (χ0v) is 12.6. The van der Waals surface area contributed by atoms with Gasteiger partial charge in [0.25, 0.3) is 5.91 Å². The van der Waals surface area contributed by atoms with Crippen molar-refractivity contribution in [3.05, 3.63) is 76.0 Å². The summed E-state index contributed by atoms with van der Waals surface area (Å²) in [6, 6.07) is 14.1. The molecule has 6 heteroatoms. The lowest BCUT2D eigenvalue weighted by molar-refractivity contribution is -0.400. The normalized spacial score (nSPS) is 10.5. The monoisotopic (exact) mass is 312 g/mol. The highest BCUT2D eigenvalue weighted by Crippen LogP contribution is 2.15. The predicted octanol–water partition coefficient (Wildman–Crippen LogP) is 3.26. The van der Waals surface area contributed by atoms with Gasteiger partial charge in [0.15, 0.2) is 6.61 Å². The molecule has 2 aromatic rings. The van der Waals surface area contributed by atoms with Crippen LogP contribution < -0.4 is 10.1 Å². The van der Waals surface area contributed by atoms with Gasteiger partial charge in [-0.3, -0.25) is 14.9 Å². The van der Waals surface area contributed by atoms with Crippen LogP contribution >= 0.6 is 0 Å². The van der Waals surface area contributed by atoms with Gasteiger partial charge in [-0.05, 0) is 36.2 Å². The van der Waals surface area contributed by atoms with E-state index < -0.39 is 4.92 Å². The van der Waals surface area contributed by atoms with Gasteiger partial charge in [0.1, 0.15) is 5.75 Å². The fourth-order valence-corrected chi connectivity index (χ4v) is 1.87. The van der Waals surface area contributed by atoms with E-state index in [-0.39, 0.29) is 12.5 Å². The molecule has 0 bridgehead atoms. The summed E-state index contributed by atoms with van der Waals surface area (Å²) in [6.45, 7) is 1.80. The lowest BCUT2D eigenvalue weighted by Crippen LogP contribution is -2.20. The van der Waals surface area contributed by atoms with Crippen LogP contribution in [0.25, 0.3) is 6.08 Å². The lowest BCUT2D eigenvalue weighted by Gasteiger charge is -2.09. The number of nitro groups is 1. The van der Waals surface area contributed by atoms with E-state index in [0.29, 0.717) is 11.3 Å². The van der Waals surface area contributed by atoms with Crippen molar-refractivity contribution in [2.24, 2.45) is 0 Å². The third kappa shape index (κ3) is 5.28. The quantitative estimate of drug-likeness (QED) is 0.655. The maximum Gasteiger partial charge on any atom is 0.262 e. The molecule has 0 heterocycles. The van der Waals surface area contributed by atoms with Crippen molar-refractivity contribution < 1.29 is 14.5 Å². The van der Waals surface area contributed by atoms with Crippen molar-refractivity contribution in [1.82, 2.24) is 0 Å². The highest BCUT2D eigenvalue weighted by Gasteiger charge is 2.05. The molecule has 0 spiro atoms. The van der Waals surface area contributed by atoms with Crippen molar-refractivity contribution in [1.29, 1.82) is 0 Å². The number of para-hydroxylation sites is 1. The van der Waals surface area contributed by atoms with Crippen molar-refractivity contribution in [2.75, 3.05) is 11.9 Å². The molecule has 1 amide bonds. The number of benzene rings is 2. The van der Waals surface area contributed by atoms with Crippen LogP contribution in [0.3, 0.4) is 0 Å². The van der Waals surface area contributed by atoms with Crippen molar-refractivity contribution in [3.8, 4) is 5.75 Å². The van der Waals surface area contributed by atoms with Crippen LogP contribution in [0.1, 0.15) is 11.1 Å². The molecule has 6 nitrogen and oxygen atoms in total. The summed E-state index contributed by atoms with van der Waals surface area (Å²) >= 11 is 0. The number of aryl methyl sites for hydroxylation is 1. The second-order valence-corrected chi connectivity index (χ2v) is 4.82. The van der Waals surface area contributed by atoms with E-state index in [1.165, 1.54) is 6.08 Å². The number of hydrogen-bond acceptors (Lipinski definition) is 4. The molecule has 0 radical (unpaired) electrons. The summed E-state index contributed by atoms with van der Waals surface area (Å²) in [4.78, 5) is 21.6. The van der Waals surface area contributed by atoms with Crippen LogP contribution in [-0.2, 0) is 4.79 Å². The molecule has 0 aromatic heterocycles. The molecule has 2 rings (SSSR count). The Morgan fingerprint density at radius 3 is 2.57 bits per heavy atom. The summed E-state index contributed by atoms with van der Waals surface area (Å²) in [6.07, 6.45) is 2.25. The maximum absolute atomic E-state index is 11.9. The highest BCUT2D eigenvalue weighted by atomic mass is 16.6. The molecule has 23 heavy (non-hydrogen) atoms. The number of hydrogen-bond donors (Lipinski definition) is 1. The minimum atomic E-state index is -0.527. The topological polar surface area (TPSA) is 81.5 Å². The predicted molar refractivity (Wildman–Crippen MR) is 87.8 cm³/mol. The van der Waals surface area contributed by atoms with E-state index in [1.54, 1.807) is 24.3 Å². The summed E-state index contributed by atoms with van der Waals surface area (Å²) < 4.78 is 5.39. The van der Waals surface area contributed by atoms with Crippen LogP contribution in [0.15, 0.2) is 54.7 Å². The number of anilines is 1. The Morgan fingerprint density at radius 2 is 1.91 bits per heavy atom. The van der Waals surface area contributed by atoms with Gasteiger partial charge in [-0.1, -0.05) is 30.3 Å². The molecule has 2 aromatic carbocycles. The summed E-state index contributed by atoms with van der Waals surface area (Å²) in [5.41, 5.74) is 2.41. The zero-order valence-electron chi connectivity index (χ0n) is 12.6. The van der Waals surface area contributed by atoms with Gasteiger partial charge >= 0.3 is 0 Å². The molecule has 0 aliphatic carbocycles. The summed E-state index contributed by atoms with van der Waals surface area (Å²) in [5, 5.41) is 13.0. The van der Waals surface area contributed by atoms with Crippen molar-refractivity contribution in [3.63, 3.8) is 0 Å². The first-order chi connectivity index (χ1) is 11.0. The molecule has 0 saturated carbocycles. The van der Waals surface area contributed by atoms with Gasteiger partial charge in [0.05, 0.1) is 4.92 Å². The molecule has 118 valence electrons. The third-order valence-corrected chi connectivity index (χ3v) is 3.06. The van der Waals surface area contributed by atoms with Gasteiger partial charge in [0.2, 0.25) is 6.20 Å². The van der Waals surface area contributed by atoms with Gasteiger partial charge in [0, 0.05) is 11.8 Å². The smallest absolute Gasteiger partial charge is 0.262 e. The second-order valence-electron chi connectivity index (χ2n) is 4.82. The Morgan fingerprint density at radius 1 is 1.22 bits per heavy atom. The second kappa shape index (κ2) is 7.74. The Hall–Kier alpha value is -3.15. The molecular weight excluding hydrogens is 296 g/mol. The van der Waals surface area contributed by atoms with Crippen LogP contribution in [0.5, 0.6) is 5.75 Å². The van der Waals surface area contributed by atoms with Gasteiger partial charge < -0.3 is 10.1 Å². The molecule has 0 fully saturated rings. The zero-order chi connectivity index (χ0) is 16.7. The highest BCUT2D eigenvalue weighted by molar-refractivity contribution is 5.92. The maximum atomic E-state index is 11.9. The van der Waals surface area contributed by atoms with Gasteiger partial charge in [-0.2, -0.15) is 0 Å². The van der Waals surface area contributed by atoms with Crippen molar-refractivity contribution >= 4 is 17.7 Å². The molecular formula is C17H16N2O4. The fourth-order valence-electron chi connectivity index (χ4n) is 1.87. The summed E-state index contributed by atoms with van der Waals surface area (Å²) in [7, 11) is 0. The minimum absolute atomic E-state index is 0.113. The SMILES string of the molecule is Cc1ccccc1NC(=O)COc1ccc(/C=C\[N+](=O)[O-])cc1. The first kappa shape index (κ1) is 16.2. The fraction of sp³-hybridized carbons (Fsp3) is 0.118. The number of rotatable bonds is 6. The molecule has 0 atom stereocenters. The lowest BCUT2D eigenvalue weighted by atomic mass is 10.2. The number of carbonyl (C=O) groups excluding carboxylic acids is 1. The molecule has 0 aliphatic rings. The minimum Gasteiger partial charge on any atom is -0.484 e. The Bertz CT molecular complexity index is 724. The first-order valence-electron chi connectivity index (χ1n) is 6.94. The molecule has 1 N–H and O–H groups in total. The van der Waals surface area contributed by atoms with Crippen LogP contribution in [-0.4, -0.2) is 17.4 Å². The number of carbonyl (C=O) groups is 1. The number of ether oxygens (including phenoxy) is 1. The largest absolute Gasteiger partial charge is 0.484 e. The van der Waals surface area contributed by atoms with E-state index in [4.69, 9.17) is 4.74 Å². The van der Waals surface area contributed by atoms with Crippen LogP contribution in [0, 0.1) is 17.0 Å². The van der Waals surface area contributed by atoms with E-state index >= 15 is 0 Å². The molecule has 0 aliphatic heterocycles. The first-order valence-corrected chi connectivity index (χ1v) is 6.94. The van der Waals surface area contributed by atoms with Crippen LogP contribution in [0.4, 0.5) is 5.69 Å². The number of amides is 1. The van der Waals surface area contributed by atoms with Gasteiger partial charge in [-0.15, -0.1) is 0 Å². The van der Waals surface area contributed by atoms with E-state index in [0.717, 1.165) is 17.5 Å². The average Bonchev–Trinajstić information content (AvgIpc) is 2.54. The van der Waals surface area contributed by atoms with Gasteiger partial charge in [-0.25, -0.2) is 0 Å². The molecule has 0 unspecified atom stereocenters. The molecule has 0 saturated heterocycles. The van der Waals surface area contributed by atoms with E-state index in [1.807, 2.05) is 31.2 Å².